The summed E-state index contributed by atoms with van der Waals surface area (Å²) in [6, 6.07) is 0.148. The van der Waals surface area contributed by atoms with Crippen LogP contribution in [0, 0.1) is 0 Å². The van der Waals surface area contributed by atoms with Crippen LogP contribution in [0.25, 0.3) is 0 Å². The van der Waals surface area contributed by atoms with Gasteiger partial charge in [0.15, 0.2) is 0 Å². The average molecular weight is 243 g/mol. The van der Waals surface area contributed by atoms with Gasteiger partial charge < -0.3 is 20.3 Å². The molecule has 100 valence electrons. The van der Waals surface area contributed by atoms with Crippen LogP contribution in [0.3, 0.4) is 0 Å². The second kappa shape index (κ2) is 8.31. The Morgan fingerprint density at radius 1 is 1.29 bits per heavy atom. The number of likely N-dealkylation sites (tertiary alicyclic amines) is 1. The van der Waals surface area contributed by atoms with Gasteiger partial charge in [-0.15, -0.1) is 0 Å². The molecular formula is C12H25N3O2. The molecule has 1 aliphatic rings. The van der Waals surface area contributed by atoms with Crippen LogP contribution in [0.1, 0.15) is 25.7 Å². The molecule has 1 heterocycles. The summed E-state index contributed by atoms with van der Waals surface area (Å²) < 4.78 is 5.05. The van der Waals surface area contributed by atoms with E-state index in [0.717, 1.165) is 38.9 Å². The number of methoxy groups -OCH3 is 1. The summed E-state index contributed by atoms with van der Waals surface area (Å²) in [4.78, 5) is 16.1. The van der Waals surface area contributed by atoms with E-state index in [1.54, 1.807) is 7.11 Å². The largest absolute Gasteiger partial charge is 0.383 e. The number of carbonyl (C=O) groups is 1. The van der Waals surface area contributed by atoms with E-state index in [1.165, 1.54) is 6.42 Å². The summed E-state index contributed by atoms with van der Waals surface area (Å²) in [5.74, 6) is 0. The van der Waals surface area contributed by atoms with Gasteiger partial charge in [0, 0.05) is 33.3 Å². The predicted molar refractivity (Wildman–Crippen MR) is 67.9 cm³/mol. The molecule has 1 saturated heterocycles. The quantitative estimate of drug-likeness (QED) is 0.753. The van der Waals surface area contributed by atoms with Crippen molar-refractivity contribution in [2.24, 2.45) is 5.73 Å². The summed E-state index contributed by atoms with van der Waals surface area (Å²) in [5.41, 5.74) is 5.50. The van der Waals surface area contributed by atoms with Gasteiger partial charge in [-0.3, -0.25) is 0 Å². The molecule has 2 amide bonds. The standard InChI is InChI=1S/C12H25N3O2/c1-17-11-10-15(9-5-6-13)12(16)14-7-3-2-4-8-14/h2-11,13H2,1H3. The van der Waals surface area contributed by atoms with Gasteiger partial charge in [0.05, 0.1) is 6.61 Å². The molecular weight excluding hydrogens is 218 g/mol. The van der Waals surface area contributed by atoms with E-state index in [-0.39, 0.29) is 6.03 Å². The SMILES string of the molecule is COCCN(CCCN)C(=O)N1CCCCC1. The normalized spacial score (nSPS) is 16.0. The minimum absolute atomic E-state index is 0.148. The summed E-state index contributed by atoms with van der Waals surface area (Å²) in [5, 5.41) is 0. The lowest BCUT2D eigenvalue weighted by Crippen LogP contribution is -2.47. The van der Waals surface area contributed by atoms with Crippen molar-refractivity contribution in [3.8, 4) is 0 Å². The van der Waals surface area contributed by atoms with Crippen molar-refractivity contribution in [2.45, 2.75) is 25.7 Å². The average Bonchev–Trinajstić information content (AvgIpc) is 2.39. The molecule has 1 rings (SSSR count). The van der Waals surface area contributed by atoms with E-state index in [4.69, 9.17) is 10.5 Å². The first-order valence-electron chi connectivity index (χ1n) is 6.52. The van der Waals surface area contributed by atoms with Gasteiger partial charge in [-0.1, -0.05) is 0 Å². The monoisotopic (exact) mass is 243 g/mol. The summed E-state index contributed by atoms with van der Waals surface area (Å²) in [6.07, 6.45) is 4.34. The van der Waals surface area contributed by atoms with Crippen molar-refractivity contribution < 1.29 is 9.53 Å². The molecule has 0 bridgehead atoms. The maximum Gasteiger partial charge on any atom is 0.320 e. The Bertz CT molecular complexity index is 210. The molecule has 1 aliphatic heterocycles. The van der Waals surface area contributed by atoms with Crippen molar-refractivity contribution >= 4 is 6.03 Å². The number of nitrogens with zero attached hydrogens (tertiary/aromatic N) is 2. The lowest BCUT2D eigenvalue weighted by Gasteiger charge is -2.33. The van der Waals surface area contributed by atoms with Crippen LogP contribution >= 0.6 is 0 Å². The number of hydrogen-bond donors (Lipinski definition) is 1. The summed E-state index contributed by atoms with van der Waals surface area (Å²) in [7, 11) is 1.66. The number of piperidine rings is 1. The van der Waals surface area contributed by atoms with E-state index in [0.29, 0.717) is 19.7 Å². The van der Waals surface area contributed by atoms with Gasteiger partial charge in [0.25, 0.3) is 0 Å². The first-order valence-corrected chi connectivity index (χ1v) is 6.52. The van der Waals surface area contributed by atoms with Crippen LogP contribution in [0.2, 0.25) is 0 Å². The molecule has 0 radical (unpaired) electrons. The Labute approximate surface area is 104 Å². The molecule has 0 atom stereocenters. The van der Waals surface area contributed by atoms with E-state index in [1.807, 2.05) is 9.80 Å². The zero-order valence-electron chi connectivity index (χ0n) is 10.9. The number of ether oxygens (including phenoxy) is 1. The number of carbonyl (C=O) groups excluding carboxylic acids is 1. The third-order valence-electron chi connectivity index (χ3n) is 3.09. The van der Waals surface area contributed by atoms with E-state index in [9.17, 15) is 4.79 Å². The molecule has 0 unspecified atom stereocenters. The molecule has 0 spiro atoms. The molecule has 1 fully saturated rings. The Morgan fingerprint density at radius 3 is 2.59 bits per heavy atom. The first-order chi connectivity index (χ1) is 8.29. The Morgan fingerprint density at radius 2 is 2.00 bits per heavy atom. The third kappa shape index (κ3) is 4.91. The second-order valence-corrected chi connectivity index (χ2v) is 4.45. The number of amides is 2. The molecule has 0 aromatic rings. The fraction of sp³-hybridized carbons (Fsp3) is 0.917. The molecule has 0 saturated carbocycles. The fourth-order valence-electron chi connectivity index (χ4n) is 2.07. The highest BCUT2D eigenvalue weighted by molar-refractivity contribution is 5.74. The Kier molecular flexibility index (Phi) is 6.96. The predicted octanol–water partition coefficient (Wildman–Crippen LogP) is 0.890. The topological polar surface area (TPSA) is 58.8 Å². The van der Waals surface area contributed by atoms with Crippen LogP contribution < -0.4 is 5.73 Å². The minimum atomic E-state index is 0.148. The van der Waals surface area contributed by atoms with E-state index >= 15 is 0 Å². The lowest BCUT2D eigenvalue weighted by atomic mass is 10.1. The van der Waals surface area contributed by atoms with Crippen LogP contribution in [0.5, 0.6) is 0 Å². The fourth-order valence-corrected chi connectivity index (χ4v) is 2.07. The van der Waals surface area contributed by atoms with Crippen molar-refractivity contribution in [1.82, 2.24) is 9.80 Å². The number of urea groups is 1. The number of nitrogens with two attached hydrogens (primary N) is 1. The molecule has 5 nitrogen and oxygen atoms in total. The third-order valence-corrected chi connectivity index (χ3v) is 3.09. The molecule has 17 heavy (non-hydrogen) atoms. The summed E-state index contributed by atoms with van der Waals surface area (Å²) >= 11 is 0. The Balaban J connectivity index is 2.44. The van der Waals surface area contributed by atoms with Gasteiger partial charge in [-0.05, 0) is 32.2 Å². The minimum Gasteiger partial charge on any atom is -0.383 e. The molecule has 0 aliphatic carbocycles. The van der Waals surface area contributed by atoms with Gasteiger partial charge in [0.1, 0.15) is 0 Å². The van der Waals surface area contributed by atoms with Crippen LogP contribution in [0.4, 0.5) is 4.79 Å². The Hall–Kier alpha value is -0.810. The number of hydrogen-bond acceptors (Lipinski definition) is 3. The smallest absolute Gasteiger partial charge is 0.320 e. The zero-order valence-corrected chi connectivity index (χ0v) is 10.9. The molecule has 2 N–H and O–H groups in total. The van der Waals surface area contributed by atoms with Crippen molar-refractivity contribution in [1.29, 1.82) is 0 Å². The molecule has 5 heteroatoms. The van der Waals surface area contributed by atoms with E-state index in [2.05, 4.69) is 0 Å². The highest BCUT2D eigenvalue weighted by Crippen LogP contribution is 2.11. The van der Waals surface area contributed by atoms with Crippen molar-refractivity contribution in [3.05, 3.63) is 0 Å². The van der Waals surface area contributed by atoms with Gasteiger partial charge in [-0.2, -0.15) is 0 Å². The van der Waals surface area contributed by atoms with Crippen molar-refractivity contribution in [3.63, 3.8) is 0 Å². The highest BCUT2D eigenvalue weighted by Gasteiger charge is 2.21. The maximum absolute atomic E-state index is 12.3. The van der Waals surface area contributed by atoms with Crippen LogP contribution in [-0.4, -0.2) is 62.3 Å². The number of rotatable bonds is 6. The van der Waals surface area contributed by atoms with Crippen LogP contribution in [0.15, 0.2) is 0 Å². The first kappa shape index (κ1) is 14.3. The van der Waals surface area contributed by atoms with Gasteiger partial charge in [-0.25, -0.2) is 4.79 Å². The molecule has 0 aromatic carbocycles. The summed E-state index contributed by atoms with van der Waals surface area (Å²) in [6.45, 7) is 4.39. The van der Waals surface area contributed by atoms with Gasteiger partial charge >= 0.3 is 6.03 Å². The van der Waals surface area contributed by atoms with Crippen molar-refractivity contribution in [2.75, 3.05) is 46.4 Å². The van der Waals surface area contributed by atoms with Gasteiger partial charge in [0.2, 0.25) is 0 Å². The van der Waals surface area contributed by atoms with E-state index < -0.39 is 0 Å². The van der Waals surface area contributed by atoms with Crippen LogP contribution in [-0.2, 0) is 4.74 Å². The highest BCUT2D eigenvalue weighted by atomic mass is 16.5. The second-order valence-electron chi connectivity index (χ2n) is 4.45. The zero-order chi connectivity index (χ0) is 12.5. The maximum atomic E-state index is 12.3. The molecule has 0 aromatic heterocycles. The lowest BCUT2D eigenvalue weighted by molar-refractivity contribution is 0.119.